The SMILES string of the molecule is O=C([C@H](Sc1nc(C(F)(F)F)nc2ccccc12)c1ccccc1)N1CCOCC1. The number of amides is 1. The van der Waals surface area contributed by atoms with E-state index < -0.39 is 17.3 Å². The van der Waals surface area contributed by atoms with Gasteiger partial charge in [0.1, 0.15) is 10.3 Å². The molecule has 0 bridgehead atoms. The Hall–Kier alpha value is -2.65. The molecule has 1 amide bonds. The predicted molar refractivity (Wildman–Crippen MR) is 107 cm³/mol. The number of para-hydroxylation sites is 1. The van der Waals surface area contributed by atoms with E-state index in [0.29, 0.717) is 37.3 Å². The number of thioether (sulfide) groups is 1. The van der Waals surface area contributed by atoms with E-state index in [4.69, 9.17) is 4.74 Å². The molecule has 0 N–H and O–H groups in total. The van der Waals surface area contributed by atoms with Crippen molar-refractivity contribution in [2.24, 2.45) is 0 Å². The maximum atomic E-state index is 13.4. The van der Waals surface area contributed by atoms with Crippen molar-refractivity contribution in [2.45, 2.75) is 16.5 Å². The normalized spacial score (nSPS) is 15.9. The van der Waals surface area contributed by atoms with E-state index in [2.05, 4.69) is 9.97 Å². The molecule has 0 unspecified atom stereocenters. The number of alkyl halides is 3. The fourth-order valence-corrected chi connectivity index (χ4v) is 4.42. The molecule has 1 aromatic heterocycles. The first kappa shape index (κ1) is 20.6. The average Bonchev–Trinajstić information content (AvgIpc) is 2.77. The number of hydrogen-bond donors (Lipinski definition) is 0. The zero-order valence-electron chi connectivity index (χ0n) is 15.8. The standard InChI is InChI=1S/C21H18F3N3O2S/c22-21(23,24)20-25-16-9-5-4-8-15(16)18(26-20)30-17(14-6-2-1-3-7-14)19(28)27-10-12-29-13-11-27/h1-9,17H,10-13H2/t17-/m1/s1. The van der Waals surface area contributed by atoms with Gasteiger partial charge in [0.15, 0.2) is 0 Å². The van der Waals surface area contributed by atoms with Crippen LogP contribution in [0.5, 0.6) is 0 Å². The lowest BCUT2D eigenvalue weighted by Crippen LogP contribution is -2.42. The van der Waals surface area contributed by atoms with Gasteiger partial charge in [0.2, 0.25) is 11.7 Å². The van der Waals surface area contributed by atoms with E-state index in [0.717, 1.165) is 11.8 Å². The number of rotatable bonds is 4. The van der Waals surface area contributed by atoms with E-state index in [1.807, 2.05) is 6.07 Å². The molecule has 4 rings (SSSR count). The number of ether oxygens (including phenoxy) is 1. The second kappa shape index (κ2) is 8.61. The lowest BCUT2D eigenvalue weighted by molar-refractivity contribution is -0.145. The molecule has 2 aromatic carbocycles. The molecule has 0 aliphatic carbocycles. The van der Waals surface area contributed by atoms with E-state index in [1.165, 1.54) is 6.07 Å². The van der Waals surface area contributed by atoms with Gasteiger partial charge in [-0.1, -0.05) is 60.3 Å². The number of carbonyl (C=O) groups is 1. The van der Waals surface area contributed by atoms with Crippen molar-refractivity contribution in [1.29, 1.82) is 0 Å². The van der Waals surface area contributed by atoms with Gasteiger partial charge < -0.3 is 9.64 Å². The number of carbonyl (C=O) groups excluding carboxylic acids is 1. The third-order valence-corrected chi connectivity index (χ3v) is 5.94. The predicted octanol–water partition coefficient (Wildman–Crippen LogP) is 4.34. The molecule has 2 heterocycles. The molecule has 1 fully saturated rings. The van der Waals surface area contributed by atoms with Gasteiger partial charge in [0, 0.05) is 18.5 Å². The zero-order chi connectivity index (χ0) is 21.1. The highest BCUT2D eigenvalue weighted by Crippen LogP contribution is 2.40. The molecule has 3 aromatic rings. The van der Waals surface area contributed by atoms with Crippen LogP contribution in [0.3, 0.4) is 0 Å². The van der Waals surface area contributed by atoms with Crippen molar-refractivity contribution in [3.05, 3.63) is 66.0 Å². The Morgan fingerprint density at radius 2 is 1.67 bits per heavy atom. The molecule has 1 saturated heterocycles. The maximum Gasteiger partial charge on any atom is 0.451 e. The molecule has 0 saturated carbocycles. The lowest BCUT2D eigenvalue weighted by Gasteiger charge is -2.30. The molecule has 156 valence electrons. The molecule has 0 radical (unpaired) electrons. The second-order valence-corrected chi connectivity index (χ2v) is 7.81. The van der Waals surface area contributed by atoms with Crippen LogP contribution < -0.4 is 0 Å². The number of benzene rings is 2. The summed E-state index contributed by atoms with van der Waals surface area (Å²) >= 11 is 1.02. The maximum absolute atomic E-state index is 13.4. The van der Waals surface area contributed by atoms with Crippen LogP contribution in [0.4, 0.5) is 13.2 Å². The molecule has 1 atom stereocenters. The number of aromatic nitrogens is 2. The van der Waals surface area contributed by atoms with Crippen LogP contribution >= 0.6 is 11.8 Å². The van der Waals surface area contributed by atoms with E-state index >= 15 is 0 Å². The minimum atomic E-state index is -4.68. The Kier molecular flexibility index (Phi) is 5.92. The first-order chi connectivity index (χ1) is 14.4. The summed E-state index contributed by atoms with van der Waals surface area (Å²) in [5.74, 6) is -1.39. The number of morpholine rings is 1. The molecule has 9 heteroatoms. The van der Waals surface area contributed by atoms with Gasteiger partial charge in [-0.25, -0.2) is 9.97 Å². The molecule has 0 spiro atoms. The highest BCUT2D eigenvalue weighted by atomic mass is 32.2. The van der Waals surface area contributed by atoms with Crippen LogP contribution in [-0.2, 0) is 15.7 Å². The van der Waals surface area contributed by atoms with Crippen LogP contribution in [0.25, 0.3) is 10.9 Å². The van der Waals surface area contributed by atoms with Crippen LogP contribution in [0.15, 0.2) is 59.6 Å². The summed E-state index contributed by atoms with van der Waals surface area (Å²) in [7, 11) is 0. The lowest BCUT2D eigenvalue weighted by atomic mass is 10.1. The smallest absolute Gasteiger partial charge is 0.378 e. The summed E-state index contributed by atoms with van der Waals surface area (Å²) < 4.78 is 45.5. The first-order valence-electron chi connectivity index (χ1n) is 9.35. The van der Waals surface area contributed by atoms with Gasteiger partial charge in [0.05, 0.1) is 18.7 Å². The quantitative estimate of drug-likeness (QED) is 0.453. The van der Waals surface area contributed by atoms with Crippen LogP contribution in [-0.4, -0.2) is 47.1 Å². The largest absolute Gasteiger partial charge is 0.451 e. The first-order valence-corrected chi connectivity index (χ1v) is 10.2. The molecule has 5 nitrogen and oxygen atoms in total. The number of halogens is 3. The summed E-state index contributed by atoms with van der Waals surface area (Å²) in [6.07, 6.45) is -4.68. The fourth-order valence-electron chi connectivity index (χ4n) is 3.21. The molecule has 1 aliphatic heterocycles. The third kappa shape index (κ3) is 4.41. The molecule has 30 heavy (non-hydrogen) atoms. The molecule has 1 aliphatic rings. The Labute approximate surface area is 175 Å². The minimum absolute atomic E-state index is 0.128. The van der Waals surface area contributed by atoms with Gasteiger partial charge in [0.25, 0.3) is 0 Å². The van der Waals surface area contributed by atoms with Crippen molar-refractivity contribution in [1.82, 2.24) is 14.9 Å². The van der Waals surface area contributed by atoms with Gasteiger partial charge >= 0.3 is 6.18 Å². The van der Waals surface area contributed by atoms with Gasteiger partial charge in [-0.05, 0) is 11.6 Å². The molecular weight excluding hydrogens is 415 g/mol. The number of nitrogens with zero attached hydrogens (tertiary/aromatic N) is 3. The van der Waals surface area contributed by atoms with Gasteiger partial charge in [-0.3, -0.25) is 4.79 Å². The highest BCUT2D eigenvalue weighted by molar-refractivity contribution is 8.00. The van der Waals surface area contributed by atoms with Crippen molar-refractivity contribution >= 4 is 28.6 Å². The van der Waals surface area contributed by atoms with Gasteiger partial charge in [-0.15, -0.1) is 0 Å². The van der Waals surface area contributed by atoms with Crippen molar-refractivity contribution in [2.75, 3.05) is 26.3 Å². The third-order valence-electron chi connectivity index (χ3n) is 4.70. The van der Waals surface area contributed by atoms with Crippen molar-refractivity contribution < 1.29 is 22.7 Å². The van der Waals surface area contributed by atoms with E-state index in [1.54, 1.807) is 47.4 Å². The Balaban J connectivity index is 1.77. The summed E-state index contributed by atoms with van der Waals surface area (Å²) in [6, 6.07) is 15.5. The number of hydrogen-bond acceptors (Lipinski definition) is 5. The Morgan fingerprint density at radius 1 is 1.00 bits per heavy atom. The topological polar surface area (TPSA) is 55.3 Å². The van der Waals surface area contributed by atoms with Crippen molar-refractivity contribution in [3.8, 4) is 0 Å². The van der Waals surface area contributed by atoms with E-state index in [-0.39, 0.29) is 16.4 Å². The Morgan fingerprint density at radius 3 is 2.37 bits per heavy atom. The highest BCUT2D eigenvalue weighted by Gasteiger charge is 2.36. The van der Waals surface area contributed by atoms with Gasteiger partial charge in [-0.2, -0.15) is 13.2 Å². The van der Waals surface area contributed by atoms with Crippen molar-refractivity contribution in [3.63, 3.8) is 0 Å². The fraction of sp³-hybridized carbons (Fsp3) is 0.286. The van der Waals surface area contributed by atoms with E-state index in [9.17, 15) is 18.0 Å². The van der Waals surface area contributed by atoms with Crippen LogP contribution in [0.1, 0.15) is 16.6 Å². The number of fused-ring (bicyclic) bond motifs is 1. The zero-order valence-corrected chi connectivity index (χ0v) is 16.6. The average molecular weight is 433 g/mol. The summed E-state index contributed by atoms with van der Waals surface area (Å²) in [4.78, 5) is 22.4. The summed E-state index contributed by atoms with van der Waals surface area (Å²) in [5, 5.41) is -0.127. The summed E-state index contributed by atoms with van der Waals surface area (Å²) in [6.45, 7) is 1.77. The van der Waals surface area contributed by atoms with Crippen LogP contribution in [0.2, 0.25) is 0 Å². The second-order valence-electron chi connectivity index (χ2n) is 6.71. The Bertz CT molecular complexity index is 1040. The minimum Gasteiger partial charge on any atom is -0.378 e. The molecular formula is C21H18F3N3O2S. The van der Waals surface area contributed by atoms with Crippen LogP contribution in [0, 0.1) is 0 Å². The summed E-state index contributed by atoms with van der Waals surface area (Å²) in [5.41, 5.74) is 0.892. The monoisotopic (exact) mass is 433 g/mol.